The molecular formula is C24H26N4O2. The van der Waals surface area contributed by atoms with E-state index >= 15 is 0 Å². The van der Waals surface area contributed by atoms with Gasteiger partial charge < -0.3 is 10.6 Å². The summed E-state index contributed by atoms with van der Waals surface area (Å²) in [5.41, 5.74) is 4.45. The molecule has 6 nitrogen and oxygen atoms in total. The summed E-state index contributed by atoms with van der Waals surface area (Å²) < 4.78 is 1.89. The third-order valence-corrected chi connectivity index (χ3v) is 5.04. The Balaban J connectivity index is 1.53. The lowest BCUT2D eigenvalue weighted by Gasteiger charge is -2.20. The van der Waals surface area contributed by atoms with E-state index in [-0.39, 0.29) is 17.4 Å². The molecular weight excluding hydrogens is 376 g/mol. The molecule has 1 aliphatic carbocycles. The highest BCUT2D eigenvalue weighted by atomic mass is 16.2. The Morgan fingerprint density at radius 3 is 2.30 bits per heavy atom. The SMILES string of the molecule is CC(C)(C)NC(=O)c1ccc(NC(=O)c2nn(-c3ccccc3)c3c2CCC3)cc1. The van der Waals surface area contributed by atoms with Gasteiger partial charge in [-0.1, -0.05) is 18.2 Å². The van der Waals surface area contributed by atoms with E-state index in [1.165, 1.54) is 0 Å². The number of amides is 2. The number of fused-ring (bicyclic) bond motifs is 1. The number of rotatable bonds is 4. The second-order valence-corrected chi connectivity index (χ2v) is 8.61. The zero-order valence-electron chi connectivity index (χ0n) is 17.5. The van der Waals surface area contributed by atoms with Gasteiger partial charge in [-0.05, 0) is 76.4 Å². The van der Waals surface area contributed by atoms with Crippen molar-refractivity contribution in [1.29, 1.82) is 0 Å². The molecule has 0 spiro atoms. The van der Waals surface area contributed by atoms with Gasteiger partial charge in [-0.2, -0.15) is 5.10 Å². The average molecular weight is 402 g/mol. The van der Waals surface area contributed by atoms with Gasteiger partial charge in [0.05, 0.1) is 5.69 Å². The van der Waals surface area contributed by atoms with E-state index in [0.717, 1.165) is 36.2 Å². The molecule has 0 saturated heterocycles. The van der Waals surface area contributed by atoms with Gasteiger partial charge in [0.1, 0.15) is 0 Å². The third kappa shape index (κ3) is 4.13. The maximum atomic E-state index is 13.0. The molecule has 6 heteroatoms. The zero-order valence-corrected chi connectivity index (χ0v) is 17.5. The summed E-state index contributed by atoms with van der Waals surface area (Å²) in [6, 6.07) is 16.8. The van der Waals surface area contributed by atoms with Gasteiger partial charge in [0.25, 0.3) is 11.8 Å². The van der Waals surface area contributed by atoms with Crippen LogP contribution in [-0.2, 0) is 12.8 Å². The molecule has 4 rings (SSSR count). The van der Waals surface area contributed by atoms with Gasteiger partial charge in [0.2, 0.25) is 0 Å². The van der Waals surface area contributed by atoms with Gasteiger partial charge in [-0.15, -0.1) is 0 Å². The summed E-state index contributed by atoms with van der Waals surface area (Å²) in [6.07, 6.45) is 2.80. The van der Waals surface area contributed by atoms with Crippen molar-refractivity contribution in [2.75, 3.05) is 5.32 Å². The first kappa shape index (κ1) is 19.9. The largest absolute Gasteiger partial charge is 0.347 e. The molecule has 0 bridgehead atoms. The van der Waals surface area contributed by atoms with Gasteiger partial charge in [0.15, 0.2) is 5.69 Å². The predicted octanol–water partition coefficient (Wildman–Crippen LogP) is 4.14. The Bertz CT molecular complexity index is 1080. The van der Waals surface area contributed by atoms with Crippen molar-refractivity contribution in [1.82, 2.24) is 15.1 Å². The van der Waals surface area contributed by atoms with Crippen LogP contribution in [0, 0.1) is 0 Å². The standard InChI is InChI=1S/C24H26N4O2/c1-24(2,3)26-22(29)16-12-14-17(15-13-16)25-23(30)21-19-10-7-11-20(19)28(27-21)18-8-5-4-6-9-18/h4-6,8-9,12-15H,7,10-11H2,1-3H3,(H,25,30)(H,26,29). The minimum atomic E-state index is -0.304. The van der Waals surface area contributed by atoms with Crippen LogP contribution in [0.25, 0.3) is 5.69 Å². The predicted molar refractivity (Wildman–Crippen MR) is 117 cm³/mol. The number of carbonyl (C=O) groups is 2. The molecule has 2 amide bonds. The molecule has 1 heterocycles. The normalized spacial score (nSPS) is 13.0. The van der Waals surface area contributed by atoms with Crippen molar-refractivity contribution in [3.8, 4) is 5.69 Å². The second-order valence-electron chi connectivity index (χ2n) is 8.61. The summed E-state index contributed by atoms with van der Waals surface area (Å²) >= 11 is 0. The topological polar surface area (TPSA) is 76.0 Å². The lowest BCUT2D eigenvalue weighted by atomic mass is 10.1. The molecule has 0 aliphatic heterocycles. The Morgan fingerprint density at radius 2 is 1.63 bits per heavy atom. The van der Waals surface area contributed by atoms with E-state index in [9.17, 15) is 9.59 Å². The Labute approximate surface area is 176 Å². The average Bonchev–Trinajstić information content (AvgIpc) is 3.30. The summed E-state index contributed by atoms with van der Waals surface area (Å²) in [7, 11) is 0. The fourth-order valence-corrected chi connectivity index (χ4v) is 3.71. The molecule has 154 valence electrons. The molecule has 1 aliphatic rings. The lowest BCUT2D eigenvalue weighted by Crippen LogP contribution is -2.40. The number of nitrogens with one attached hydrogen (secondary N) is 2. The van der Waals surface area contributed by atoms with Crippen LogP contribution in [-0.4, -0.2) is 27.1 Å². The van der Waals surface area contributed by atoms with Crippen molar-refractivity contribution in [3.05, 3.63) is 77.1 Å². The Kier molecular flexibility index (Phi) is 5.16. The van der Waals surface area contributed by atoms with Crippen molar-refractivity contribution in [2.45, 2.75) is 45.6 Å². The molecule has 0 fully saturated rings. The number of para-hydroxylation sites is 1. The van der Waals surface area contributed by atoms with Crippen LogP contribution in [0.15, 0.2) is 54.6 Å². The van der Waals surface area contributed by atoms with Crippen molar-refractivity contribution in [2.24, 2.45) is 0 Å². The smallest absolute Gasteiger partial charge is 0.276 e. The quantitative estimate of drug-likeness (QED) is 0.689. The van der Waals surface area contributed by atoms with Crippen LogP contribution in [0.1, 0.15) is 59.3 Å². The molecule has 0 radical (unpaired) electrons. The molecule has 0 unspecified atom stereocenters. The van der Waals surface area contributed by atoms with Crippen LogP contribution in [0.5, 0.6) is 0 Å². The lowest BCUT2D eigenvalue weighted by molar-refractivity contribution is 0.0919. The minimum absolute atomic E-state index is 0.139. The molecule has 2 N–H and O–H groups in total. The van der Waals surface area contributed by atoms with Crippen LogP contribution in [0.2, 0.25) is 0 Å². The van der Waals surface area contributed by atoms with Crippen LogP contribution in [0.3, 0.4) is 0 Å². The third-order valence-electron chi connectivity index (χ3n) is 5.04. The molecule has 3 aromatic rings. The van der Waals surface area contributed by atoms with E-state index in [1.807, 2.05) is 55.8 Å². The highest BCUT2D eigenvalue weighted by Gasteiger charge is 2.27. The minimum Gasteiger partial charge on any atom is -0.347 e. The van der Waals surface area contributed by atoms with Gasteiger partial charge in [-0.25, -0.2) is 4.68 Å². The summed E-state index contributed by atoms with van der Waals surface area (Å²) in [5, 5.41) is 10.5. The van der Waals surface area contributed by atoms with E-state index in [0.29, 0.717) is 16.9 Å². The number of hydrogen-bond donors (Lipinski definition) is 2. The van der Waals surface area contributed by atoms with E-state index < -0.39 is 0 Å². The van der Waals surface area contributed by atoms with Gasteiger partial charge >= 0.3 is 0 Å². The number of anilines is 1. The number of aromatic nitrogens is 2. The maximum Gasteiger partial charge on any atom is 0.276 e. The maximum absolute atomic E-state index is 13.0. The van der Waals surface area contributed by atoms with Gasteiger partial charge in [0, 0.05) is 28.0 Å². The molecule has 1 aromatic heterocycles. The van der Waals surface area contributed by atoms with Gasteiger partial charge in [-0.3, -0.25) is 9.59 Å². The monoisotopic (exact) mass is 402 g/mol. The van der Waals surface area contributed by atoms with Crippen LogP contribution >= 0.6 is 0 Å². The number of carbonyl (C=O) groups excluding carboxylic acids is 2. The van der Waals surface area contributed by atoms with E-state index in [2.05, 4.69) is 15.7 Å². The zero-order chi connectivity index (χ0) is 21.3. The molecule has 0 saturated carbocycles. The fraction of sp³-hybridized carbons (Fsp3) is 0.292. The number of nitrogens with zero attached hydrogens (tertiary/aromatic N) is 2. The molecule has 30 heavy (non-hydrogen) atoms. The van der Waals surface area contributed by atoms with E-state index in [4.69, 9.17) is 0 Å². The fourth-order valence-electron chi connectivity index (χ4n) is 3.71. The van der Waals surface area contributed by atoms with Crippen LogP contribution < -0.4 is 10.6 Å². The van der Waals surface area contributed by atoms with E-state index in [1.54, 1.807) is 24.3 Å². The van der Waals surface area contributed by atoms with Crippen LogP contribution in [0.4, 0.5) is 5.69 Å². The molecule has 2 aromatic carbocycles. The molecule has 0 atom stereocenters. The van der Waals surface area contributed by atoms with Crippen molar-refractivity contribution >= 4 is 17.5 Å². The highest BCUT2D eigenvalue weighted by Crippen LogP contribution is 2.28. The summed E-state index contributed by atoms with van der Waals surface area (Å²) in [5.74, 6) is -0.366. The Morgan fingerprint density at radius 1 is 0.933 bits per heavy atom. The first-order chi connectivity index (χ1) is 14.3. The van der Waals surface area contributed by atoms with Crippen molar-refractivity contribution < 1.29 is 9.59 Å². The number of hydrogen-bond acceptors (Lipinski definition) is 3. The van der Waals surface area contributed by atoms with Crippen molar-refractivity contribution in [3.63, 3.8) is 0 Å². The second kappa shape index (κ2) is 7.78. The summed E-state index contributed by atoms with van der Waals surface area (Å²) in [4.78, 5) is 25.2. The highest BCUT2D eigenvalue weighted by molar-refractivity contribution is 6.04. The summed E-state index contributed by atoms with van der Waals surface area (Å²) in [6.45, 7) is 5.81. The first-order valence-corrected chi connectivity index (χ1v) is 10.2. The number of benzene rings is 2. The Hall–Kier alpha value is -3.41. The first-order valence-electron chi connectivity index (χ1n) is 10.2.